The second-order valence-electron chi connectivity index (χ2n) is 8.82. The lowest BCUT2D eigenvalue weighted by atomic mass is 10.1. The summed E-state index contributed by atoms with van der Waals surface area (Å²) in [7, 11) is 1.60. The van der Waals surface area contributed by atoms with Crippen LogP contribution in [-0.2, 0) is 11.3 Å². The highest BCUT2D eigenvalue weighted by molar-refractivity contribution is 8.14. The normalized spacial score (nSPS) is 15.9. The van der Waals surface area contributed by atoms with E-state index in [0.717, 1.165) is 42.9 Å². The van der Waals surface area contributed by atoms with Gasteiger partial charge in [0.15, 0.2) is 11.5 Å². The summed E-state index contributed by atoms with van der Waals surface area (Å²) in [6.45, 7) is 6.41. The number of likely N-dealkylation sites (tertiary alicyclic amines) is 1. The van der Waals surface area contributed by atoms with Crippen LogP contribution in [-0.4, -0.2) is 72.7 Å². The third-order valence-electron chi connectivity index (χ3n) is 6.16. The van der Waals surface area contributed by atoms with E-state index < -0.39 is 6.09 Å². The van der Waals surface area contributed by atoms with Gasteiger partial charge in [-0.05, 0) is 75.2 Å². The highest BCUT2D eigenvalue weighted by Gasteiger charge is 2.23. The van der Waals surface area contributed by atoms with Crippen LogP contribution in [0.5, 0.6) is 11.5 Å². The Bertz CT molecular complexity index is 1100. The molecule has 2 aromatic carbocycles. The number of hydrazone groups is 1. The van der Waals surface area contributed by atoms with Gasteiger partial charge in [0.2, 0.25) is 0 Å². The molecule has 2 amide bonds. The van der Waals surface area contributed by atoms with E-state index in [-0.39, 0.29) is 5.24 Å². The summed E-state index contributed by atoms with van der Waals surface area (Å²) in [5, 5.41) is 8.72. The molecule has 0 radical (unpaired) electrons. The molecular weight excluding hydrogens is 492 g/mol. The number of anilines is 1. The maximum atomic E-state index is 12.5. The zero-order chi connectivity index (χ0) is 26.0. The first-order chi connectivity index (χ1) is 18.1. The number of methoxy groups -OCH3 is 1. The standard InChI is InChI=1S/C27H34N4O5S/c1-3-35-25-17-21(9-12-24(25)34-2)23-19-37-27(33)31(29-23)18-20-7-10-22(11-8-20)28-26(32)36-16-6-15-30-13-4-5-14-30/h7-12,17H,3-6,13-16,18-19H2,1-2H3,(H,28,32). The second-order valence-corrected chi connectivity index (χ2v) is 9.74. The Balaban J connectivity index is 1.31. The zero-order valence-corrected chi connectivity index (χ0v) is 22.2. The molecule has 2 aliphatic rings. The molecule has 0 aromatic heterocycles. The molecule has 4 rings (SSSR count). The van der Waals surface area contributed by atoms with Gasteiger partial charge in [0.05, 0.1) is 32.6 Å². The van der Waals surface area contributed by atoms with Crippen molar-refractivity contribution in [3.8, 4) is 11.5 Å². The van der Waals surface area contributed by atoms with Crippen molar-refractivity contribution in [1.82, 2.24) is 9.91 Å². The van der Waals surface area contributed by atoms with Crippen LogP contribution in [0.2, 0.25) is 0 Å². The van der Waals surface area contributed by atoms with E-state index in [9.17, 15) is 9.59 Å². The summed E-state index contributed by atoms with van der Waals surface area (Å²) >= 11 is 1.21. The minimum atomic E-state index is -0.461. The van der Waals surface area contributed by atoms with E-state index in [0.29, 0.717) is 42.7 Å². The molecule has 37 heavy (non-hydrogen) atoms. The number of nitrogens with one attached hydrogen (secondary N) is 1. The Labute approximate surface area is 222 Å². The lowest BCUT2D eigenvalue weighted by Gasteiger charge is -2.23. The summed E-state index contributed by atoms with van der Waals surface area (Å²) in [6, 6.07) is 13.0. The van der Waals surface area contributed by atoms with Crippen LogP contribution in [0.3, 0.4) is 0 Å². The number of ether oxygens (including phenoxy) is 3. The molecule has 0 bridgehead atoms. The van der Waals surface area contributed by atoms with Crippen molar-refractivity contribution >= 4 is 34.5 Å². The molecule has 0 aliphatic carbocycles. The molecule has 0 atom stereocenters. The molecule has 10 heteroatoms. The summed E-state index contributed by atoms with van der Waals surface area (Å²) in [4.78, 5) is 27.0. The number of amides is 2. The molecule has 2 aliphatic heterocycles. The Hall–Kier alpha value is -3.24. The van der Waals surface area contributed by atoms with Gasteiger partial charge in [0, 0.05) is 23.5 Å². The number of benzene rings is 2. The fourth-order valence-corrected chi connectivity index (χ4v) is 5.00. The highest BCUT2D eigenvalue weighted by Crippen LogP contribution is 2.30. The molecule has 0 saturated carbocycles. The van der Waals surface area contributed by atoms with Crippen LogP contribution in [0.4, 0.5) is 15.3 Å². The Morgan fingerprint density at radius 1 is 1.11 bits per heavy atom. The van der Waals surface area contributed by atoms with Crippen molar-refractivity contribution in [1.29, 1.82) is 0 Å². The van der Waals surface area contributed by atoms with Crippen molar-refractivity contribution in [3.63, 3.8) is 0 Å². The fraction of sp³-hybridized carbons (Fsp3) is 0.444. The summed E-state index contributed by atoms with van der Waals surface area (Å²) in [5.41, 5.74) is 3.21. The lowest BCUT2D eigenvalue weighted by Crippen LogP contribution is -2.29. The van der Waals surface area contributed by atoms with Crippen LogP contribution in [0, 0.1) is 0 Å². The van der Waals surface area contributed by atoms with E-state index in [2.05, 4.69) is 15.3 Å². The largest absolute Gasteiger partial charge is 0.493 e. The first kappa shape index (κ1) is 26.8. The maximum Gasteiger partial charge on any atom is 0.411 e. The summed E-state index contributed by atoms with van der Waals surface area (Å²) in [5.74, 6) is 1.78. The number of carbonyl (C=O) groups is 2. The number of hydrogen-bond acceptors (Lipinski definition) is 8. The van der Waals surface area contributed by atoms with E-state index in [1.54, 1.807) is 19.2 Å². The number of nitrogens with zero attached hydrogens (tertiary/aromatic N) is 3. The van der Waals surface area contributed by atoms with Crippen molar-refractivity contribution < 1.29 is 23.8 Å². The molecule has 1 fully saturated rings. The van der Waals surface area contributed by atoms with Gasteiger partial charge in [-0.15, -0.1) is 0 Å². The third-order valence-corrected chi connectivity index (χ3v) is 7.04. The van der Waals surface area contributed by atoms with Gasteiger partial charge >= 0.3 is 11.3 Å². The van der Waals surface area contributed by atoms with E-state index >= 15 is 0 Å². The molecule has 0 spiro atoms. The SMILES string of the molecule is CCOc1cc(C2=NN(Cc3ccc(NC(=O)OCCCN4CCCC4)cc3)C(=O)SC2)ccc1OC. The van der Waals surface area contributed by atoms with Crippen molar-refractivity contribution in [3.05, 3.63) is 53.6 Å². The first-order valence-corrected chi connectivity index (χ1v) is 13.6. The fourth-order valence-electron chi connectivity index (χ4n) is 4.27. The van der Waals surface area contributed by atoms with E-state index in [1.165, 1.54) is 29.6 Å². The predicted molar refractivity (Wildman–Crippen MR) is 146 cm³/mol. The Morgan fingerprint density at radius 3 is 2.62 bits per heavy atom. The molecule has 2 aromatic rings. The van der Waals surface area contributed by atoms with Crippen LogP contribution in [0.1, 0.15) is 37.3 Å². The van der Waals surface area contributed by atoms with Crippen molar-refractivity contribution in [2.45, 2.75) is 32.7 Å². The summed E-state index contributed by atoms with van der Waals surface area (Å²) in [6.07, 6.45) is 2.89. The smallest absolute Gasteiger partial charge is 0.411 e. The topological polar surface area (TPSA) is 92.7 Å². The molecule has 1 N–H and O–H groups in total. The monoisotopic (exact) mass is 526 g/mol. The van der Waals surface area contributed by atoms with Crippen LogP contribution >= 0.6 is 11.8 Å². The van der Waals surface area contributed by atoms with Gasteiger partial charge in [0.1, 0.15) is 0 Å². The minimum Gasteiger partial charge on any atom is -0.493 e. The number of hydrogen-bond donors (Lipinski definition) is 1. The first-order valence-electron chi connectivity index (χ1n) is 12.6. The maximum absolute atomic E-state index is 12.5. The van der Waals surface area contributed by atoms with Gasteiger partial charge in [-0.25, -0.2) is 9.80 Å². The quantitative estimate of drug-likeness (QED) is 0.402. The van der Waals surface area contributed by atoms with Gasteiger partial charge in [-0.3, -0.25) is 10.1 Å². The molecule has 9 nitrogen and oxygen atoms in total. The zero-order valence-electron chi connectivity index (χ0n) is 21.4. The van der Waals surface area contributed by atoms with E-state index in [4.69, 9.17) is 14.2 Å². The van der Waals surface area contributed by atoms with Crippen LogP contribution in [0.25, 0.3) is 0 Å². The number of carbonyl (C=O) groups excluding carboxylic acids is 2. The Kier molecular flexibility index (Phi) is 9.67. The lowest BCUT2D eigenvalue weighted by molar-refractivity contribution is 0.154. The molecule has 0 unspecified atom stereocenters. The van der Waals surface area contributed by atoms with Gasteiger partial charge in [0.25, 0.3) is 0 Å². The van der Waals surface area contributed by atoms with E-state index in [1.807, 2.05) is 37.3 Å². The van der Waals surface area contributed by atoms with Gasteiger partial charge in [-0.2, -0.15) is 5.10 Å². The average molecular weight is 527 g/mol. The minimum absolute atomic E-state index is 0.109. The Morgan fingerprint density at radius 2 is 1.89 bits per heavy atom. The molecule has 1 saturated heterocycles. The average Bonchev–Trinajstić information content (AvgIpc) is 3.43. The third kappa shape index (κ3) is 7.62. The van der Waals surface area contributed by atoms with Crippen molar-refractivity contribution in [2.75, 3.05) is 51.0 Å². The number of rotatable bonds is 11. The van der Waals surface area contributed by atoms with Crippen molar-refractivity contribution in [2.24, 2.45) is 5.10 Å². The van der Waals surface area contributed by atoms with Crippen LogP contribution in [0.15, 0.2) is 47.6 Å². The van der Waals surface area contributed by atoms with Gasteiger partial charge < -0.3 is 19.1 Å². The summed E-state index contributed by atoms with van der Waals surface area (Å²) < 4.78 is 16.3. The number of thioether (sulfide) groups is 1. The van der Waals surface area contributed by atoms with Crippen LogP contribution < -0.4 is 14.8 Å². The molecular formula is C27H34N4O5S. The van der Waals surface area contributed by atoms with Gasteiger partial charge in [-0.1, -0.05) is 23.9 Å². The predicted octanol–water partition coefficient (Wildman–Crippen LogP) is 5.20. The molecule has 198 valence electrons. The molecule has 2 heterocycles. The highest BCUT2D eigenvalue weighted by atomic mass is 32.2. The second kappa shape index (κ2) is 13.3.